The lowest BCUT2D eigenvalue weighted by atomic mass is 9.86. The average Bonchev–Trinajstić information content (AvgIpc) is 2.83. The van der Waals surface area contributed by atoms with E-state index in [0.29, 0.717) is 5.89 Å². The number of aromatic nitrogens is 2. The van der Waals surface area contributed by atoms with Gasteiger partial charge in [0.25, 0.3) is 0 Å². The largest absolute Gasteiger partial charge is 0.478 e. The Bertz CT molecular complexity index is 420. The van der Waals surface area contributed by atoms with Crippen molar-refractivity contribution in [2.75, 3.05) is 0 Å². The topological polar surface area (TPSA) is 76.2 Å². The van der Waals surface area contributed by atoms with Gasteiger partial charge in [-0.15, -0.1) is 10.2 Å². The highest BCUT2D eigenvalue weighted by molar-refractivity contribution is 5.84. The predicted octanol–water partition coefficient (Wildman–Crippen LogP) is 2.68. The third kappa shape index (κ3) is 3.98. The van der Waals surface area contributed by atoms with Gasteiger partial charge < -0.3 is 9.52 Å². The molecule has 1 saturated carbocycles. The molecule has 2 rings (SSSR count). The van der Waals surface area contributed by atoms with E-state index >= 15 is 0 Å². The first kappa shape index (κ1) is 12.8. The number of nitrogens with zero attached hydrogens (tertiary/aromatic N) is 2. The smallest absolute Gasteiger partial charge is 0.328 e. The van der Waals surface area contributed by atoms with Crippen LogP contribution < -0.4 is 0 Å². The van der Waals surface area contributed by atoms with E-state index < -0.39 is 5.97 Å². The molecule has 0 aromatic carbocycles. The Morgan fingerprint density at radius 2 is 2.11 bits per heavy atom. The van der Waals surface area contributed by atoms with Crippen LogP contribution in [0.3, 0.4) is 0 Å². The highest BCUT2D eigenvalue weighted by Gasteiger charge is 2.14. The molecule has 1 N–H and O–H groups in total. The van der Waals surface area contributed by atoms with E-state index in [0.717, 1.165) is 24.8 Å². The minimum atomic E-state index is -1.02. The molecule has 1 aliphatic carbocycles. The molecule has 0 unspecified atom stereocenters. The van der Waals surface area contributed by atoms with Crippen molar-refractivity contribution < 1.29 is 14.3 Å². The fourth-order valence-electron chi connectivity index (χ4n) is 2.38. The summed E-state index contributed by atoms with van der Waals surface area (Å²) >= 11 is 0. The maximum absolute atomic E-state index is 10.3. The maximum atomic E-state index is 10.3. The summed E-state index contributed by atoms with van der Waals surface area (Å²) < 4.78 is 5.35. The molecule has 1 aromatic rings. The van der Waals surface area contributed by atoms with Gasteiger partial charge >= 0.3 is 5.97 Å². The van der Waals surface area contributed by atoms with Crippen LogP contribution in [0.25, 0.3) is 6.08 Å². The number of carboxylic acids is 1. The van der Waals surface area contributed by atoms with E-state index in [2.05, 4.69) is 10.2 Å². The lowest BCUT2D eigenvalue weighted by Crippen LogP contribution is -2.07. The molecule has 5 nitrogen and oxygen atoms in total. The van der Waals surface area contributed by atoms with E-state index in [9.17, 15) is 4.79 Å². The van der Waals surface area contributed by atoms with Gasteiger partial charge in [0.05, 0.1) is 0 Å². The van der Waals surface area contributed by atoms with E-state index in [1.165, 1.54) is 38.2 Å². The van der Waals surface area contributed by atoms with Crippen molar-refractivity contribution in [2.45, 2.75) is 44.9 Å². The lowest BCUT2D eigenvalue weighted by Gasteiger charge is -2.20. The normalized spacial score (nSPS) is 17.3. The van der Waals surface area contributed by atoms with Crippen LogP contribution in [0.1, 0.15) is 50.3 Å². The molecule has 0 amide bonds. The molecule has 1 aliphatic rings. The number of aliphatic carboxylic acids is 1. The van der Waals surface area contributed by atoms with Gasteiger partial charge in [0.2, 0.25) is 11.8 Å². The maximum Gasteiger partial charge on any atom is 0.328 e. The summed E-state index contributed by atoms with van der Waals surface area (Å²) in [5.74, 6) is 0.627. The van der Waals surface area contributed by atoms with Gasteiger partial charge in [0.15, 0.2) is 0 Å². The van der Waals surface area contributed by atoms with Crippen molar-refractivity contribution in [2.24, 2.45) is 5.92 Å². The second-order valence-corrected chi connectivity index (χ2v) is 4.75. The summed E-state index contributed by atoms with van der Waals surface area (Å²) in [5, 5.41) is 16.2. The third-order valence-corrected chi connectivity index (χ3v) is 3.34. The van der Waals surface area contributed by atoms with E-state index in [-0.39, 0.29) is 5.89 Å². The summed E-state index contributed by atoms with van der Waals surface area (Å²) in [5.41, 5.74) is 0. The molecule has 0 saturated heterocycles. The molecule has 18 heavy (non-hydrogen) atoms. The number of carbonyl (C=O) groups is 1. The minimum Gasteiger partial charge on any atom is -0.478 e. The van der Waals surface area contributed by atoms with Crippen molar-refractivity contribution in [1.29, 1.82) is 0 Å². The Hall–Kier alpha value is -1.65. The van der Waals surface area contributed by atoms with Crippen molar-refractivity contribution in [3.05, 3.63) is 17.9 Å². The molecule has 5 heteroatoms. The lowest BCUT2D eigenvalue weighted by molar-refractivity contribution is -0.131. The highest BCUT2D eigenvalue weighted by atomic mass is 16.4. The SMILES string of the molecule is O=C(O)/C=C/c1nnc(CCC2CCCCC2)o1. The fraction of sp³-hybridized carbons (Fsp3) is 0.615. The zero-order valence-corrected chi connectivity index (χ0v) is 10.3. The highest BCUT2D eigenvalue weighted by Crippen LogP contribution is 2.27. The van der Waals surface area contributed by atoms with Crippen LogP contribution in [0.4, 0.5) is 0 Å². The Labute approximate surface area is 106 Å². The number of hydrogen-bond acceptors (Lipinski definition) is 4. The van der Waals surface area contributed by atoms with Gasteiger partial charge in [-0.25, -0.2) is 4.79 Å². The first-order chi connectivity index (χ1) is 8.74. The van der Waals surface area contributed by atoms with Crippen LogP contribution in [0, 0.1) is 5.92 Å². The van der Waals surface area contributed by atoms with Crippen LogP contribution in [-0.4, -0.2) is 21.3 Å². The molecule has 98 valence electrons. The van der Waals surface area contributed by atoms with Gasteiger partial charge in [-0.1, -0.05) is 32.1 Å². The summed E-state index contributed by atoms with van der Waals surface area (Å²) in [6.07, 6.45) is 10.8. The fourth-order valence-corrected chi connectivity index (χ4v) is 2.38. The van der Waals surface area contributed by atoms with Crippen molar-refractivity contribution in [3.63, 3.8) is 0 Å². The van der Waals surface area contributed by atoms with E-state index in [4.69, 9.17) is 9.52 Å². The molecule has 1 fully saturated rings. The molecule has 0 bridgehead atoms. The van der Waals surface area contributed by atoms with Gasteiger partial charge in [0, 0.05) is 18.6 Å². The second-order valence-electron chi connectivity index (χ2n) is 4.75. The van der Waals surface area contributed by atoms with E-state index in [1.54, 1.807) is 0 Å². The Morgan fingerprint density at radius 1 is 1.33 bits per heavy atom. The molecule has 0 spiro atoms. The van der Waals surface area contributed by atoms with Gasteiger partial charge in [-0.2, -0.15) is 0 Å². The van der Waals surface area contributed by atoms with Crippen LogP contribution in [0.15, 0.2) is 10.5 Å². The number of hydrogen-bond donors (Lipinski definition) is 1. The zero-order valence-electron chi connectivity index (χ0n) is 10.3. The van der Waals surface area contributed by atoms with Crippen LogP contribution in [0.2, 0.25) is 0 Å². The minimum absolute atomic E-state index is 0.260. The number of carboxylic acid groups (broad SMARTS) is 1. The summed E-state index contributed by atoms with van der Waals surface area (Å²) in [4.78, 5) is 10.3. The van der Waals surface area contributed by atoms with Crippen LogP contribution in [0.5, 0.6) is 0 Å². The first-order valence-corrected chi connectivity index (χ1v) is 6.47. The molecule has 1 heterocycles. The van der Waals surface area contributed by atoms with Crippen LogP contribution >= 0.6 is 0 Å². The standard InChI is InChI=1S/C13H18N2O3/c16-13(17)9-8-12-15-14-11(18-12)7-6-10-4-2-1-3-5-10/h8-10H,1-7H2,(H,16,17)/b9-8+. The summed E-state index contributed by atoms with van der Waals surface area (Å²) in [6.45, 7) is 0. The average molecular weight is 250 g/mol. The Balaban J connectivity index is 1.80. The first-order valence-electron chi connectivity index (χ1n) is 6.47. The molecular weight excluding hydrogens is 232 g/mol. The van der Waals surface area contributed by atoms with Gasteiger partial charge in [0.1, 0.15) is 0 Å². The monoisotopic (exact) mass is 250 g/mol. The molecule has 1 aromatic heterocycles. The van der Waals surface area contributed by atoms with Crippen molar-refractivity contribution >= 4 is 12.0 Å². The number of rotatable bonds is 5. The van der Waals surface area contributed by atoms with Gasteiger partial charge in [-0.3, -0.25) is 0 Å². The number of aryl methyl sites for hydroxylation is 1. The quantitative estimate of drug-likeness (QED) is 0.813. The summed E-state index contributed by atoms with van der Waals surface area (Å²) in [7, 11) is 0. The predicted molar refractivity (Wildman–Crippen MR) is 65.9 cm³/mol. The third-order valence-electron chi connectivity index (χ3n) is 3.34. The van der Waals surface area contributed by atoms with Crippen molar-refractivity contribution in [1.82, 2.24) is 10.2 Å². The Kier molecular flexibility index (Phi) is 4.50. The zero-order chi connectivity index (χ0) is 12.8. The molecule has 0 aliphatic heterocycles. The second kappa shape index (κ2) is 6.33. The van der Waals surface area contributed by atoms with E-state index in [1.807, 2.05) is 0 Å². The van der Waals surface area contributed by atoms with Crippen molar-refractivity contribution in [3.8, 4) is 0 Å². The molecule has 0 radical (unpaired) electrons. The van der Waals surface area contributed by atoms with Gasteiger partial charge in [-0.05, 0) is 12.3 Å². The molecule has 0 atom stereocenters. The van der Waals surface area contributed by atoms with Crippen LogP contribution in [-0.2, 0) is 11.2 Å². The Morgan fingerprint density at radius 3 is 2.83 bits per heavy atom. The summed E-state index contributed by atoms with van der Waals surface area (Å²) in [6, 6.07) is 0. The molecular formula is C13H18N2O3.